The monoisotopic (exact) mass is 793 g/mol. The summed E-state index contributed by atoms with van der Waals surface area (Å²) in [6.45, 7) is 13.9. The largest absolute Gasteiger partial charge is 0.493 e. The Morgan fingerprint density at radius 1 is 0.293 bits per heavy atom. The summed E-state index contributed by atoms with van der Waals surface area (Å²) in [5, 5.41) is 0. The Bertz CT molecular complexity index is 1410. The van der Waals surface area contributed by atoms with E-state index in [4.69, 9.17) is 0 Å². The maximum atomic E-state index is 12.8. The summed E-state index contributed by atoms with van der Waals surface area (Å²) >= 11 is 0. The zero-order valence-corrected chi connectivity index (χ0v) is 39.4. The Morgan fingerprint density at radius 2 is 0.534 bits per heavy atom. The van der Waals surface area contributed by atoms with Crippen LogP contribution < -0.4 is 0 Å². The Kier molecular flexibility index (Phi) is 27.0. The van der Waals surface area contributed by atoms with Crippen molar-refractivity contribution in [3.8, 4) is 0 Å². The van der Waals surface area contributed by atoms with E-state index in [1.807, 2.05) is 0 Å². The number of rotatable bonds is 36. The van der Waals surface area contributed by atoms with E-state index >= 15 is 0 Å². The minimum absolute atomic E-state index is 1.03. The molecule has 2 aromatic rings. The van der Waals surface area contributed by atoms with E-state index in [-0.39, 0.29) is 0 Å². The number of aryl methyl sites for hydroxylation is 4. The van der Waals surface area contributed by atoms with Crippen LogP contribution in [-0.2, 0) is 25.7 Å². The highest BCUT2D eigenvalue weighted by Gasteiger charge is 2.35. The fourth-order valence-corrected chi connectivity index (χ4v) is 9.33. The molecule has 2 aromatic carbocycles. The van der Waals surface area contributed by atoms with Crippen LogP contribution in [0.3, 0.4) is 0 Å². The molecule has 0 radical (unpaired) electrons. The van der Waals surface area contributed by atoms with Gasteiger partial charge in [0.05, 0.1) is 0 Å². The van der Waals surface area contributed by atoms with Crippen molar-refractivity contribution in [1.29, 1.82) is 0 Å². The molecule has 0 bridgehead atoms. The van der Waals surface area contributed by atoms with Crippen LogP contribution in [0.4, 0.5) is 0 Å². The molecular formula is C56H92N2. The first kappa shape index (κ1) is 49.9. The summed E-state index contributed by atoms with van der Waals surface area (Å²) < 4.78 is 1.72. The molecule has 3 rings (SSSR count). The van der Waals surface area contributed by atoms with Gasteiger partial charge in [-0.15, -0.1) is 0 Å². The van der Waals surface area contributed by atoms with Gasteiger partial charge in [-0.1, -0.05) is 195 Å². The second kappa shape index (κ2) is 31.4. The van der Waals surface area contributed by atoms with Crippen LogP contribution in [-0.4, -0.2) is 4.70 Å². The Hall–Kier alpha value is -2.48. The van der Waals surface area contributed by atoms with Crippen molar-refractivity contribution < 1.29 is 4.70 Å². The molecule has 326 valence electrons. The van der Waals surface area contributed by atoms with Crippen LogP contribution in [0.5, 0.6) is 0 Å². The van der Waals surface area contributed by atoms with E-state index in [9.17, 15) is 5.53 Å². The van der Waals surface area contributed by atoms with Gasteiger partial charge in [-0.05, 0) is 124 Å². The molecule has 2 nitrogen and oxygen atoms in total. The number of hydrogen-bond acceptors (Lipinski definition) is 0. The van der Waals surface area contributed by atoms with Gasteiger partial charge in [0.1, 0.15) is 0 Å². The molecule has 0 spiro atoms. The first-order chi connectivity index (χ1) is 28.5. The maximum absolute atomic E-state index is 12.8. The molecule has 0 saturated heterocycles. The lowest BCUT2D eigenvalue weighted by Crippen LogP contribution is -2.05. The smallest absolute Gasteiger partial charge is 0.211 e. The molecule has 58 heavy (non-hydrogen) atoms. The lowest BCUT2D eigenvalue weighted by molar-refractivity contribution is -0.345. The van der Waals surface area contributed by atoms with Crippen molar-refractivity contribution >= 4 is 11.4 Å². The number of benzene rings is 2. The fraction of sp³-hybridized carbons (Fsp3) is 0.714. The zero-order valence-electron chi connectivity index (χ0n) is 39.4. The molecular weight excluding hydrogens is 701 g/mol. The third-order valence-corrected chi connectivity index (χ3v) is 12.8. The van der Waals surface area contributed by atoms with E-state index in [1.54, 1.807) is 4.70 Å². The number of allylic oxidation sites excluding steroid dienone is 2. The van der Waals surface area contributed by atoms with E-state index in [2.05, 4.69) is 77.9 Å². The Balaban J connectivity index is 2.12. The van der Waals surface area contributed by atoms with Gasteiger partial charge < -0.3 is 5.53 Å². The molecule has 1 aliphatic heterocycles. The van der Waals surface area contributed by atoms with Crippen molar-refractivity contribution in [2.45, 2.75) is 260 Å². The number of hydrogen-bond donors (Lipinski definition) is 0. The van der Waals surface area contributed by atoms with Gasteiger partial charge in [0.25, 0.3) is 0 Å². The van der Waals surface area contributed by atoms with Crippen molar-refractivity contribution in [3.63, 3.8) is 0 Å². The molecule has 2 heteroatoms. The van der Waals surface area contributed by atoms with Crippen LogP contribution in [0.2, 0.25) is 0 Å². The summed E-state index contributed by atoms with van der Waals surface area (Å²) in [6, 6.07) is 15.0. The second-order valence-electron chi connectivity index (χ2n) is 18.3. The van der Waals surface area contributed by atoms with Crippen LogP contribution >= 0.6 is 0 Å². The SMILES string of the molecule is CCCCCCCCC1=C(c2cc(CCCCCC)cc(CCCCCC)c2)[N+](=[N-])C(c2cc(CCCCCCCC)cc(CCCCCCCC)c2)=C1CCCC. The van der Waals surface area contributed by atoms with Crippen LogP contribution in [0.15, 0.2) is 47.5 Å². The standard InChI is InChI=1S/C56H92N2/c1-7-13-19-24-27-32-37-49-42-50(38-33-28-25-20-14-8-2)46-51(45-49)55-53(39-18-12-6)54(40-34-29-26-21-15-9-3)56(58(55)57)52-43-47(35-30-22-16-10-4)41-48(44-52)36-31-23-17-11-5/h41-46H,7-40H2,1-6H3. The molecule has 0 atom stereocenters. The van der Waals surface area contributed by atoms with E-state index in [1.165, 1.54) is 218 Å². The van der Waals surface area contributed by atoms with Gasteiger partial charge >= 0.3 is 0 Å². The average Bonchev–Trinajstić information content (AvgIpc) is 3.51. The molecule has 0 aromatic heterocycles. The third kappa shape index (κ3) is 18.4. The maximum Gasteiger partial charge on any atom is 0.211 e. The second-order valence-corrected chi connectivity index (χ2v) is 18.3. The van der Waals surface area contributed by atoms with Crippen molar-refractivity contribution in [1.82, 2.24) is 0 Å². The minimum atomic E-state index is 1.03. The molecule has 1 heterocycles. The number of nitrogens with zero attached hydrogens (tertiary/aromatic N) is 2. The molecule has 1 aliphatic rings. The number of unbranched alkanes of at least 4 members (excludes halogenated alkanes) is 22. The topological polar surface area (TPSA) is 25.3 Å². The molecule has 0 N–H and O–H groups in total. The third-order valence-electron chi connectivity index (χ3n) is 12.8. The first-order valence-corrected chi connectivity index (χ1v) is 25.7. The summed E-state index contributed by atoms with van der Waals surface area (Å²) in [5.74, 6) is 0. The highest BCUT2D eigenvalue weighted by molar-refractivity contribution is 5.82. The summed E-state index contributed by atoms with van der Waals surface area (Å²) in [7, 11) is 0. The van der Waals surface area contributed by atoms with Gasteiger partial charge in [0.2, 0.25) is 11.4 Å². The predicted molar refractivity (Wildman–Crippen MR) is 258 cm³/mol. The van der Waals surface area contributed by atoms with E-state index < -0.39 is 0 Å². The molecule has 0 amide bonds. The molecule has 0 unspecified atom stereocenters. The quantitative estimate of drug-likeness (QED) is 0.0485. The van der Waals surface area contributed by atoms with Gasteiger partial charge in [-0.2, -0.15) is 0 Å². The van der Waals surface area contributed by atoms with Gasteiger partial charge in [0, 0.05) is 22.3 Å². The lowest BCUT2D eigenvalue weighted by Gasteiger charge is -2.15. The van der Waals surface area contributed by atoms with Crippen LogP contribution in [0.25, 0.3) is 16.9 Å². The van der Waals surface area contributed by atoms with Gasteiger partial charge in [0.15, 0.2) is 0 Å². The highest BCUT2D eigenvalue weighted by atomic mass is 15.2. The zero-order chi connectivity index (χ0) is 41.6. The summed E-state index contributed by atoms with van der Waals surface area (Å²) in [6.07, 6.45) is 42.9. The van der Waals surface area contributed by atoms with E-state index in [0.717, 1.165) is 56.3 Å². The van der Waals surface area contributed by atoms with Crippen LogP contribution in [0, 0.1) is 0 Å². The molecule has 0 aliphatic carbocycles. The molecule has 0 saturated carbocycles. The first-order valence-electron chi connectivity index (χ1n) is 25.7. The lowest BCUT2D eigenvalue weighted by atomic mass is 9.89. The van der Waals surface area contributed by atoms with E-state index in [0.29, 0.717) is 0 Å². The Labute approximate surface area is 361 Å². The fourth-order valence-electron chi connectivity index (χ4n) is 9.33. The normalized spacial score (nSPS) is 13.2. The highest BCUT2D eigenvalue weighted by Crippen LogP contribution is 2.45. The molecule has 0 fully saturated rings. The Morgan fingerprint density at radius 3 is 0.845 bits per heavy atom. The van der Waals surface area contributed by atoms with Crippen molar-refractivity contribution in [2.24, 2.45) is 0 Å². The average molecular weight is 793 g/mol. The van der Waals surface area contributed by atoms with Gasteiger partial charge in [-0.3, -0.25) is 0 Å². The van der Waals surface area contributed by atoms with Crippen LogP contribution in [0.1, 0.15) is 268 Å². The summed E-state index contributed by atoms with van der Waals surface area (Å²) in [4.78, 5) is 0. The predicted octanol–water partition coefficient (Wildman–Crippen LogP) is 18.8. The van der Waals surface area contributed by atoms with Crippen molar-refractivity contribution in [3.05, 3.63) is 86.5 Å². The van der Waals surface area contributed by atoms with Crippen molar-refractivity contribution in [2.75, 3.05) is 0 Å². The van der Waals surface area contributed by atoms with Gasteiger partial charge in [-0.25, -0.2) is 4.70 Å². The summed E-state index contributed by atoms with van der Waals surface area (Å²) in [5.41, 5.74) is 26.3. The minimum Gasteiger partial charge on any atom is -0.493 e.